The predicted octanol–water partition coefficient (Wildman–Crippen LogP) is 3.32. The van der Waals surface area contributed by atoms with Gasteiger partial charge in [-0.25, -0.2) is 9.78 Å². The van der Waals surface area contributed by atoms with Crippen molar-refractivity contribution < 1.29 is 26.4 Å². The zero-order chi connectivity index (χ0) is 25.1. The molecule has 0 amide bonds. The number of para-hydroxylation sites is 1. The van der Waals surface area contributed by atoms with Gasteiger partial charge in [-0.15, -0.1) is 11.3 Å². The van der Waals surface area contributed by atoms with Crippen LogP contribution in [0.5, 0.6) is 0 Å². The van der Waals surface area contributed by atoms with Crippen molar-refractivity contribution in [2.24, 2.45) is 5.92 Å². The van der Waals surface area contributed by atoms with Crippen molar-refractivity contribution in [2.75, 3.05) is 25.0 Å². The van der Waals surface area contributed by atoms with E-state index >= 15 is 0 Å². The van der Waals surface area contributed by atoms with Crippen molar-refractivity contribution in [3.63, 3.8) is 0 Å². The SMILES string of the molecule is O=C(O[C@H]1C[N+]2(Cc3csc(-c4ccccc4)n3)CCC1CC2)[C@H](Nc1ccccc1)c1ccccc1.[Cl-]. The van der Waals surface area contributed by atoms with E-state index in [0.29, 0.717) is 5.92 Å². The Morgan fingerprint density at radius 1 is 0.947 bits per heavy atom. The van der Waals surface area contributed by atoms with Gasteiger partial charge >= 0.3 is 5.97 Å². The number of quaternary nitrogens is 1. The fraction of sp³-hybridized carbons (Fsp3) is 0.290. The van der Waals surface area contributed by atoms with Crippen molar-refractivity contribution in [3.8, 4) is 10.6 Å². The van der Waals surface area contributed by atoms with Crippen LogP contribution in [-0.4, -0.2) is 41.2 Å². The Labute approximate surface area is 234 Å². The van der Waals surface area contributed by atoms with E-state index in [1.54, 1.807) is 11.3 Å². The Balaban J connectivity index is 0.00000294. The summed E-state index contributed by atoms with van der Waals surface area (Å²) in [6.07, 6.45) is 2.12. The minimum absolute atomic E-state index is 0. The fourth-order valence-electron chi connectivity index (χ4n) is 5.86. The van der Waals surface area contributed by atoms with Crippen LogP contribution >= 0.6 is 11.3 Å². The molecule has 5 nitrogen and oxygen atoms in total. The van der Waals surface area contributed by atoms with Crippen LogP contribution in [0.3, 0.4) is 0 Å². The highest BCUT2D eigenvalue weighted by Crippen LogP contribution is 2.38. The van der Waals surface area contributed by atoms with E-state index in [0.717, 1.165) is 65.5 Å². The second kappa shape index (κ2) is 11.7. The molecule has 2 bridgehead atoms. The van der Waals surface area contributed by atoms with Crippen LogP contribution in [-0.2, 0) is 16.1 Å². The van der Waals surface area contributed by atoms with E-state index in [4.69, 9.17) is 9.72 Å². The van der Waals surface area contributed by atoms with Gasteiger partial charge in [-0.2, -0.15) is 0 Å². The van der Waals surface area contributed by atoms with E-state index in [-0.39, 0.29) is 24.5 Å². The number of benzene rings is 3. The molecule has 3 aliphatic rings. The van der Waals surface area contributed by atoms with Gasteiger partial charge in [0.1, 0.15) is 23.8 Å². The van der Waals surface area contributed by atoms with Gasteiger partial charge in [-0.3, -0.25) is 0 Å². The Kier molecular flexibility index (Phi) is 8.12. The van der Waals surface area contributed by atoms with Crippen LogP contribution < -0.4 is 17.7 Å². The molecule has 4 heterocycles. The molecule has 7 rings (SSSR count). The third-order valence-electron chi connectivity index (χ3n) is 7.83. The van der Waals surface area contributed by atoms with Gasteiger partial charge in [0.25, 0.3) is 0 Å². The van der Waals surface area contributed by atoms with Gasteiger partial charge in [0.2, 0.25) is 0 Å². The first-order valence-electron chi connectivity index (χ1n) is 13.1. The highest BCUT2D eigenvalue weighted by Gasteiger charge is 2.48. The second-order valence-corrected chi connectivity index (χ2v) is 11.2. The number of halogens is 1. The van der Waals surface area contributed by atoms with Crippen LogP contribution in [0.25, 0.3) is 10.6 Å². The Morgan fingerprint density at radius 2 is 1.58 bits per heavy atom. The van der Waals surface area contributed by atoms with Gasteiger partial charge in [-0.1, -0.05) is 78.9 Å². The number of hydrogen-bond donors (Lipinski definition) is 1. The van der Waals surface area contributed by atoms with Gasteiger partial charge in [0, 0.05) is 35.4 Å². The molecule has 0 radical (unpaired) electrons. The lowest BCUT2D eigenvalue weighted by molar-refractivity contribution is -0.958. The van der Waals surface area contributed by atoms with Crippen molar-refractivity contribution in [1.82, 2.24) is 4.98 Å². The maximum atomic E-state index is 13.6. The Morgan fingerprint density at radius 3 is 2.26 bits per heavy atom. The number of rotatable bonds is 8. The van der Waals surface area contributed by atoms with E-state index in [2.05, 4.69) is 35.0 Å². The van der Waals surface area contributed by atoms with Gasteiger partial charge in [0.15, 0.2) is 12.1 Å². The monoisotopic (exact) mass is 545 g/mol. The van der Waals surface area contributed by atoms with Crippen molar-refractivity contribution >= 4 is 23.0 Å². The number of ether oxygens (including phenoxy) is 1. The molecule has 4 aromatic rings. The molecular formula is C31H32ClN3O2S. The number of nitrogens with zero attached hydrogens (tertiary/aromatic N) is 2. The summed E-state index contributed by atoms with van der Waals surface area (Å²) in [7, 11) is 0. The lowest BCUT2D eigenvalue weighted by atomic mass is 9.83. The molecule has 3 saturated heterocycles. The maximum absolute atomic E-state index is 13.6. The number of carbonyl (C=O) groups is 1. The summed E-state index contributed by atoms with van der Waals surface area (Å²) in [5, 5.41) is 6.68. The van der Waals surface area contributed by atoms with Crippen LogP contribution in [0, 0.1) is 5.92 Å². The molecule has 3 fully saturated rings. The van der Waals surface area contributed by atoms with Crippen molar-refractivity contribution in [2.45, 2.75) is 31.5 Å². The van der Waals surface area contributed by atoms with Crippen molar-refractivity contribution in [1.29, 1.82) is 0 Å². The molecule has 38 heavy (non-hydrogen) atoms. The standard InChI is InChI=1S/C31H32N3O2S.ClH/c35-31(29(24-10-4-1-5-11-24)32-26-14-8-3-9-15-26)36-28-21-34(18-16-23(28)17-19-34)20-27-22-37-30(33-27)25-12-6-2-7-13-25;/h1-15,22-23,28-29,32H,16-21H2;1H/q+1;/p-1/t23?,28-,29+,34?;/m0./s1. The van der Waals surface area contributed by atoms with Gasteiger partial charge in [0.05, 0.1) is 13.1 Å². The summed E-state index contributed by atoms with van der Waals surface area (Å²) in [4.78, 5) is 18.6. The third kappa shape index (κ3) is 5.78. The average molecular weight is 546 g/mol. The quantitative estimate of drug-likeness (QED) is 0.273. The Hall–Kier alpha value is -3.19. The molecule has 3 aromatic carbocycles. The number of hydrogen-bond acceptors (Lipinski definition) is 5. The topological polar surface area (TPSA) is 51.2 Å². The Bertz CT molecular complexity index is 1330. The van der Waals surface area contributed by atoms with Crippen LogP contribution in [0.15, 0.2) is 96.4 Å². The smallest absolute Gasteiger partial charge is 0.333 e. The predicted molar refractivity (Wildman–Crippen MR) is 148 cm³/mol. The molecule has 1 N–H and O–H groups in total. The summed E-state index contributed by atoms with van der Waals surface area (Å²) in [5.74, 6) is 0.236. The van der Waals surface area contributed by atoms with E-state index in [9.17, 15) is 4.79 Å². The lowest BCUT2D eigenvalue weighted by Gasteiger charge is -2.51. The number of piperidine rings is 3. The van der Waals surface area contributed by atoms with E-state index in [1.807, 2.05) is 66.7 Å². The van der Waals surface area contributed by atoms with Crippen LogP contribution in [0.2, 0.25) is 0 Å². The highest BCUT2D eigenvalue weighted by molar-refractivity contribution is 7.13. The van der Waals surface area contributed by atoms with Crippen LogP contribution in [0.1, 0.15) is 30.1 Å². The summed E-state index contributed by atoms with van der Waals surface area (Å²) in [6, 6.07) is 29.6. The van der Waals surface area contributed by atoms with Gasteiger partial charge < -0.3 is 26.9 Å². The minimum atomic E-state index is -0.542. The second-order valence-electron chi connectivity index (χ2n) is 10.3. The number of nitrogens with one attached hydrogen (secondary N) is 1. The average Bonchev–Trinajstić information content (AvgIpc) is 3.41. The van der Waals surface area contributed by atoms with E-state index in [1.165, 1.54) is 5.56 Å². The molecule has 0 aliphatic carbocycles. The molecule has 0 saturated carbocycles. The maximum Gasteiger partial charge on any atom is 0.333 e. The molecule has 196 valence electrons. The van der Waals surface area contributed by atoms with Crippen LogP contribution in [0.4, 0.5) is 5.69 Å². The molecule has 1 aromatic heterocycles. The third-order valence-corrected chi connectivity index (χ3v) is 8.77. The number of thiazole rings is 1. The highest BCUT2D eigenvalue weighted by atomic mass is 35.5. The first-order valence-corrected chi connectivity index (χ1v) is 14.0. The first kappa shape index (κ1) is 26.4. The number of esters is 1. The number of anilines is 1. The minimum Gasteiger partial charge on any atom is -1.00 e. The first-order chi connectivity index (χ1) is 18.2. The summed E-state index contributed by atoms with van der Waals surface area (Å²) in [5.41, 5.74) is 4.13. The number of fused-ring (bicyclic) bond motifs is 3. The van der Waals surface area contributed by atoms with Gasteiger partial charge in [-0.05, 0) is 17.7 Å². The zero-order valence-electron chi connectivity index (χ0n) is 21.2. The number of aromatic nitrogens is 1. The number of carbonyl (C=O) groups excluding carboxylic acids is 1. The summed E-state index contributed by atoms with van der Waals surface area (Å²) < 4.78 is 7.27. The molecular weight excluding hydrogens is 514 g/mol. The lowest BCUT2D eigenvalue weighted by Crippen LogP contribution is -3.00. The summed E-state index contributed by atoms with van der Waals surface area (Å²) >= 11 is 1.71. The molecule has 2 atom stereocenters. The van der Waals surface area contributed by atoms with Crippen molar-refractivity contribution in [3.05, 3.63) is 108 Å². The largest absolute Gasteiger partial charge is 1.00 e. The fourth-order valence-corrected chi connectivity index (χ4v) is 6.67. The molecule has 0 spiro atoms. The molecule has 7 heteroatoms. The normalized spacial score (nSPS) is 22.7. The zero-order valence-corrected chi connectivity index (χ0v) is 22.8. The van der Waals surface area contributed by atoms with E-state index < -0.39 is 6.04 Å². The molecule has 0 unspecified atom stereocenters. The molecule has 3 aliphatic heterocycles. The summed E-state index contributed by atoms with van der Waals surface area (Å²) in [6.45, 7) is 4.01.